The molecule has 4 aromatic rings. The molecule has 2 saturated carbocycles. The van der Waals surface area contributed by atoms with Crippen LogP contribution in [0.4, 0.5) is 0 Å². The first-order chi connectivity index (χ1) is 17.8. The molecule has 8 heteroatoms. The molecule has 3 aliphatic rings. The molecule has 2 N–H and O–H groups in total. The van der Waals surface area contributed by atoms with Crippen LogP contribution in [0, 0.1) is 32.6 Å². The van der Waals surface area contributed by atoms with Crippen LogP contribution in [0.15, 0.2) is 12.5 Å². The van der Waals surface area contributed by atoms with Crippen LogP contribution in [0.1, 0.15) is 72.1 Å². The number of aromatic amines is 1. The van der Waals surface area contributed by atoms with E-state index in [4.69, 9.17) is 0 Å². The molecule has 1 saturated heterocycles. The predicted octanol–water partition coefficient (Wildman–Crippen LogP) is 5.30. The number of carbonyl (C=O) groups excluding carboxylic acids is 1. The molecule has 4 atom stereocenters. The number of aryl methyl sites for hydroxylation is 2. The van der Waals surface area contributed by atoms with Gasteiger partial charge in [-0.25, -0.2) is 9.50 Å². The van der Waals surface area contributed by atoms with Crippen LogP contribution in [-0.2, 0) is 4.79 Å². The Kier molecular flexibility index (Phi) is 5.31. The number of H-pyrrole nitrogens is 1. The molecule has 1 amide bonds. The Hall–Kier alpha value is -2.71. The van der Waals surface area contributed by atoms with Crippen molar-refractivity contribution in [1.29, 1.82) is 0 Å². The predicted molar refractivity (Wildman–Crippen MR) is 148 cm³/mol. The van der Waals surface area contributed by atoms with E-state index in [1.54, 1.807) is 11.2 Å². The quantitative estimate of drug-likeness (QED) is 0.386. The monoisotopic (exact) mass is 516 g/mol. The SMILES string of the molecule is Cc1c(-c2[nH]c3sc(C4CC5CC4CC5N4CCNC(=O)C4)c(C)c3c2C(C)C)cn2ncnc2c1C. The number of amides is 1. The lowest BCUT2D eigenvalue weighted by atomic mass is 9.82. The molecule has 5 heterocycles. The van der Waals surface area contributed by atoms with Gasteiger partial charge < -0.3 is 10.3 Å². The van der Waals surface area contributed by atoms with Crippen molar-refractivity contribution in [3.8, 4) is 11.3 Å². The Bertz CT molecular complexity index is 1540. The third-order valence-electron chi connectivity index (χ3n) is 9.63. The van der Waals surface area contributed by atoms with E-state index in [0.29, 0.717) is 24.4 Å². The summed E-state index contributed by atoms with van der Waals surface area (Å²) in [5.41, 5.74) is 8.74. The van der Waals surface area contributed by atoms with Crippen LogP contribution in [0.25, 0.3) is 27.1 Å². The Morgan fingerprint density at radius 3 is 2.65 bits per heavy atom. The summed E-state index contributed by atoms with van der Waals surface area (Å²) in [5.74, 6) is 2.72. The third kappa shape index (κ3) is 3.44. The molecular weight excluding hydrogens is 480 g/mol. The van der Waals surface area contributed by atoms with Crippen LogP contribution in [-0.4, -0.2) is 56.1 Å². The molecule has 194 valence electrons. The van der Waals surface area contributed by atoms with Crippen LogP contribution in [0.3, 0.4) is 0 Å². The maximum atomic E-state index is 12.0. The highest BCUT2D eigenvalue weighted by molar-refractivity contribution is 7.19. The average molecular weight is 517 g/mol. The molecule has 0 aromatic carbocycles. The van der Waals surface area contributed by atoms with Gasteiger partial charge in [-0.15, -0.1) is 11.3 Å². The second kappa shape index (κ2) is 8.40. The van der Waals surface area contributed by atoms with E-state index in [0.717, 1.165) is 30.6 Å². The molecule has 2 bridgehead atoms. The van der Waals surface area contributed by atoms with Crippen LogP contribution in [0.5, 0.6) is 0 Å². The third-order valence-corrected chi connectivity index (χ3v) is 11.0. The number of thiophene rings is 1. The second-order valence-corrected chi connectivity index (χ2v) is 13.0. The first-order valence-electron chi connectivity index (χ1n) is 13.8. The number of aromatic nitrogens is 4. The zero-order chi connectivity index (χ0) is 25.6. The molecule has 4 unspecified atom stereocenters. The maximum absolute atomic E-state index is 12.0. The number of rotatable bonds is 4. The van der Waals surface area contributed by atoms with Crippen molar-refractivity contribution in [2.24, 2.45) is 11.8 Å². The Labute approximate surface area is 221 Å². The van der Waals surface area contributed by atoms with Gasteiger partial charge in [-0.1, -0.05) is 13.8 Å². The summed E-state index contributed by atoms with van der Waals surface area (Å²) in [7, 11) is 0. The molecule has 2 aliphatic carbocycles. The van der Waals surface area contributed by atoms with E-state index >= 15 is 0 Å². The summed E-state index contributed by atoms with van der Waals surface area (Å²) < 4.78 is 1.91. The fraction of sp³-hybridized carbons (Fsp3) is 0.552. The van der Waals surface area contributed by atoms with Gasteiger partial charge in [-0.3, -0.25) is 9.69 Å². The molecule has 37 heavy (non-hydrogen) atoms. The van der Waals surface area contributed by atoms with Gasteiger partial charge in [0.15, 0.2) is 5.65 Å². The number of nitrogens with one attached hydrogen (secondary N) is 2. The Balaban J connectivity index is 1.25. The minimum Gasteiger partial charge on any atom is -0.354 e. The van der Waals surface area contributed by atoms with E-state index in [1.807, 2.05) is 15.9 Å². The van der Waals surface area contributed by atoms with E-state index in [9.17, 15) is 4.79 Å². The second-order valence-electron chi connectivity index (χ2n) is 11.9. The summed E-state index contributed by atoms with van der Waals surface area (Å²) in [6, 6.07) is 0.591. The number of nitrogens with zero attached hydrogens (tertiary/aromatic N) is 4. The fourth-order valence-corrected chi connectivity index (χ4v) is 9.24. The van der Waals surface area contributed by atoms with Crippen molar-refractivity contribution < 1.29 is 4.79 Å². The van der Waals surface area contributed by atoms with Gasteiger partial charge in [0.05, 0.1) is 12.2 Å². The molecule has 7 rings (SSSR count). The maximum Gasteiger partial charge on any atom is 0.234 e. The Morgan fingerprint density at radius 1 is 1.08 bits per heavy atom. The minimum atomic E-state index is 0.194. The van der Waals surface area contributed by atoms with Gasteiger partial charge in [0.2, 0.25) is 5.91 Å². The zero-order valence-corrected chi connectivity index (χ0v) is 23.2. The minimum absolute atomic E-state index is 0.194. The summed E-state index contributed by atoms with van der Waals surface area (Å²) in [4.78, 5) is 25.7. The van der Waals surface area contributed by atoms with Crippen LogP contribution in [0.2, 0.25) is 0 Å². The number of carbonyl (C=O) groups is 1. The van der Waals surface area contributed by atoms with Crippen molar-refractivity contribution in [3.05, 3.63) is 39.7 Å². The zero-order valence-electron chi connectivity index (χ0n) is 22.4. The summed E-state index contributed by atoms with van der Waals surface area (Å²) in [6.07, 6.45) is 7.60. The van der Waals surface area contributed by atoms with Crippen molar-refractivity contribution in [2.45, 2.75) is 71.8 Å². The average Bonchev–Trinajstić information content (AvgIpc) is 3.68. The van der Waals surface area contributed by atoms with E-state index in [2.05, 4.69) is 66.1 Å². The van der Waals surface area contributed by atoms with Crippen LogP contribution < -0.4 is 5.32 Å². The Morgan fingerprint density at radius 2 is 1.92 bits per heavy atom. The van der Waals surface area contributed by atoms with Gasteiger partial charge in [0.25, 0.3) is 0 Å². The number of fused-ring (bicyclic) bond motifs is 4. The molecule has 1 aliphatic heterocycles. The largest absolute Gasteiger partial charge is 0.354 e. The normalized spacial score (nSPS) is 26.3. The summed E-state index contributed by atoms with van der Waals surface area (Å²) in [6.45, 7) is 13.7. The topological polar surface area (TPSA) is 78.3 Å². The van der Waals surface area contributed by atoms with Crippen molar-refractivity contribution >= 4 is 33.1 Å². The van der Waals surface area contributed by atoms with Gasteiger partial charge in [0.1, 0.15) is 11.2 Å². The fourth-order valence-electron chi connectivity index (χ4n) is 7.80. The molecular formula is C29H36N6OS. The van der Waals surface area contributed by atoms with Gasteiger partial charge in [-0.2, -0.15) is 5.10 Å². The highest BCUT2D eigenvalue weighted by Crippen LogP contribution is 2.57. The number of piperazine rings is 1. The lowest BCUT2D eigenvalue weighted by molar-refractivity contribution is -0.125. The van der Waals surface area contributed by atoms with Crippen molar-refractivity contribution in [3.63, 3.8) is 0 Å². The first kappa shape index (κ1) is 23.4. The number of hydrogen-bond donors (Lipinski definition) is 2. The van der Waals surface area contributed by atoms with Gasteiger partial charge in [0, 0.05) is 41.2 Å². The van der Waals surface area contributed by atoms with Crippen molar-refractivity contribution in [2.75, 3.05) is 19.6 Å². The standard InChI is InChI=1S/C29H36N6OS/c1-14(2)24-25-17(5)27(20-9-19-8-18(20)10-22(19)34-7-6-30-23(36)12-34)37-29(25)33-26(24)21-11-35-28(31-13-32-35)16(4)15(21)3/h11,13-14,18-20,22,33H,6-10,12H2,1-5H3,(H,30,36). The van der Waals surface area contributed by atoms with Crippen molar-refractivity contribution in [1.82, 2.24) is 29.8 Å². The molecule has 0 radical (unpaired) electrons. The molecule has 4 aromatic heterocycles. The lowest BCUT2D eigenvalue weighted by Crippen LogP contribution is -2.53. The van der Waals surface area contributed by atoms with Gasteiger partial charge in [-0.05, 0) is 86.0 Å². The van der Waals surface area contributed by atoms with E-state index in [1.165, 1.54) is 63.0 Å². The highest BCUT2D eigenvalue weighted by Gasteiger charge is 2.49. The molecule has 3 fully saturated rings. The van der Waals surface area contributed by atoms with E-state index in [-0.39, 0.29) is 5.91 Å². The number of hydrogen-bond acceptors (Lipinski definition) is 5. The van der Waals surface area contributed by atoms with Crippen LogP contribution >= 0.6 is 11.3 Å². The van der Waals surface area contributed by atoms with E-state index < -0.39 is 0 Å². The smallest absolute Gasteiger partial charge is 0.234 e. The molecule has 0 spiro atoms. The van der Waals surface area contributed by atoms with Gasteiger partial charge >= 0.3 is 0 Å². The molecule has 7 nitrogen and oxygen atoms in total. The highest BCUT2D eigenvalue weighted by atomic mass is 32.1. The summed E-state index contributed by atoms with van der Waals surface area (Å²) >= 11 is 1.99. The lowest BCUT2D eigenvalue weighted by Gasteiger charge is -2.38. The number of pyridine rings is 1. The first-order valence-corrected chi connectivity index (χ1v) is 14.6. The summed E-state index contributed by atoms with van der Waals surface area (Å²) in [5, 5.41) is 8.87.